The number of aliphatic hydroxyl groups is 2. The summed E-state index contributed by atoms with van der Waals surface area (Å²) in [6, 6.07) is 2.34. The zero-order chi connectivity index (χ0) is 53.0. The summed E-state index contributed by atoms with van der Waals surface area (Å²) in [6.45, 7) is 17.7. The molecule has 6 rings (SSSR count). The van der Waals surface area contributed by atoms with Crippen LogP contribution in [0.5, 0.6) is 0 Å². The third kappa shape index (κ3) is 12.9. The van der Waals surface area contributed by atoms with E-state index >= 15 is 0 Å². The third-order valence-electron chi connectivity index (χ3n) is 13.4. The second-order valence-electron chi connectivity index (χ2n) is 20.6. The molecule has 0 saturated carbocycles. The number of nitrogens with two attached hydrogens (primary N) is 1. The molecule has 3 aromatic heterocycles. The molecule has 3 aliphatic heterocycles. The largest absolute Gasteiger partial charge is 0.472 e. The summed E-state index contributed by atoms with van der Waals surface area (Å²) in [5, 5.41) is 20.4. The first kappa shape index (κ1) is 56.7. The van der Waals surface area contributed by atoms with Gasteiger partial charge in [0, 0.05) is 36.6 Å². The SMILES string of the molecule is Cc1cn([C@H]2C[C@H](O)[C@@H](COP(=O)(O)O[C@H]3[C@@H](O[Si](C)(C)C(C)(C)C)[C@H](n4ccc(N)nc4=O)O[C@@H]3COP(=O)(O)O[C@H]3[C@@H](O[Si](C)(C)C(C)(C)C)[C@H](n4ccc(=O)[nH]c4=O)O[C@@H]3CO)O2)c(=O)[nH]c1=O. The highest BCUT2D eigenvalue weighted by atomic mass is 31.2. The van der Waals surface area contributed by atoms with Gasteiger partial charge in [-0.15, -0.1) is 0 Å². The molecule has 71 heavy (non-hydrogen) atoms. The van der Waals surface area contributed by atoms with Crippen LogP contribution >= 0.6 is 15.6 Å². The van der Waals surface area contributed by atoms with Crippen LogP contribution in [0.3, 0.4) is 0 Å². The Bertz CT molecular complexity index is 2810. The molecule has 0 aromatic carbocycles. The number of aliphatic hydroxyl groups excluding tert-OH is 2. The van der Waals surface area contributed by atoms with Crippen molar-refractivity contribution in [3.63, 3.8) is 0 Å². The van der Waals surface area contributed by atoms with Crippen molar-refractivity contribution in [2.45, 2.75) is 159 Å². The molecule has 2 unspecified atom stereocenters. The van der Waals surface area contributed by atoms with Gasteiger partial charge in [0.25, 0.3) is 11.1 Å². The molecule has 27 nitrogen and oxygen atoms in total. The number of aryl methyl sites for hydroxylation is 1. The zero-order valence-corrected chi connectivity index (χ0v) is 44.9. The van der Waals surface area contributed by atoms with Crippen molar-refractivity contribution in [2.24, 2.45) is 0 Å². The van der Waals surface area contributed by atoms with Crippen LogP contribution in [-0.2, 0) is 50.3 Å². The minimum Gasteiger partial charge on any atom is -0.407 e. The fourth-order valence-corrected chi connectivity index (χ4v) is 12.0. The van der Waals surface area contributed by atoms with Crippen molar-refractivity contribution in [1.82, 2.24) is 28.7 Å². The van der Waals surface area contributed by atoms with Crippen LogP contribution in [0, 0.1) is 6.92 Å². The van der Waals surface area contributed by atoms with Crippen molar-refractivity contribution in [1.29, 1.82) is 0 Å². The van der Waals surface area contributed by atoms with Gasteiger partial charge in [0.1, 0.15) is 54.8 Å². The van der Waals surface area contributed by atoms with E-state index in [4.69, 9.17) is 46.9 Å². The number of nitrogen functional groups attached to an aromatic ring is 1. The fraction of sp³-hybridized carbons (Fsp3) is 0.700. The summed E-state index contributed by atoms with van der Waals surface area (Å²) in [6.07, 6.45) is -12.6. The molecule has 0 bridgehead atoms. The average molecular weight is 1080 g/mol. The third-order valence-corrected chi connectivity index (χ3v) is 24.4. The quantitative estimate of drug-likeness (QED) is 0.0700. The number of aromatic nitrogens is 6. The molecular weight excluding hydrogens is 1020 g/mol. The lowest BCUT2D eigenvalue weighted by Crippen LogP contribution is -2.50. The van der Waals surface area contributed by atoms with Gasteiger partial charge >= 0.3 is 32.7 Å². The maximum absolute atomic E-state index is 14.2. The highest BCUT2D eigenvalue weighted by Gasteiger charge is 2.57. The van der Waals surface area contributed by atoms with E-state index in [1.165, 1.54) is 25.4 Å². The smallest absolute Gasteiger partial charge is 0.407 e. The van der Waals surface area contributed by atoms with E-state index in [0.29, 0.717) is 0 Å². The molecule has 0 radical (unpaired) electrons. The first-order chi connectivity index (χ1) is 32.6. The Morgan fingerprint density at radius 2 is 1.24 bits per heavy atom. The van der Waals surface area contributed by atoms with E-state index in [0.717, 1.165) is 26.0 Å². The predicted octanol–water partition coefficient (Wildman–Crippen LogP) is 1.46. The molecule has 3 aliphatic rings. The summed E-state index contributed by atoms with van der Waals surface area (Å²) in [7, 11) is -16.6. The second kappa shape index (κ2) is 21.0. The number of aromatic amines is 2. The Morgan fingerprint density at radius 3 is 1.76 bits per heavy atom. The lowest BCUT2D eigenvalue weighted by atomic mass is 10.1. The lowest BCUT2D eigenvalue weighted by Gasteiger charge is -2.40. The van der Waals surface area contributed by atoms with Gasteiger partial charge in [0.05, 0.1) is 25.9 Å². The van der Waals surface area contributed by atoms with Crippen molar-refractivity contribution in [3.05, 3.63) is 88.4 Å². The minimum absolute atomic E-state index is 0.148. The van der Waals surface area contributed by atoms with E-state index < -0.39 is 158 Å². The fourth-order valence-electron chi connectivity index (χ4n) is 7.47. The van der Waals surface area contributed by atoms with Gasteiger partial charge in [0.15, 0.2) is 29.1 Å². The molecule has 0 aliphatic carbocycles. The number of hydrogen-bond donors (Lipinski definition) is 7. The summed E-state index contributed by atoms with van der Waals surface area (Å²) in [5.41, 5.74) is 1.98. The first-order valence-corrected chi connectivity index (χ1v) is 31.4. The van der Waals surface area contributed by atoms with Gasteiger partial charge in [0.2, 0.25) is 0 Å². The maximum Gasteiger partial charge on any atom is 0.472 e. The standard InChI is InChI=1S/C40H65N7O20P2Si2/c1-21-17-47(38(54)44-33(21)51)28-16-22(49)24(61-28)19-59-68(55,56)65-30-25(63-35(45-14-12-26(41)42-36(45)52)32(30)67-71(10,11)40(5,6)7)20-60-69(57,58)64-29-23(18-48)62-34(46-15-13-27(50)43-37(46)53)31(29)66-70(8,9)39(2,3)4/h12-15,17,22-25,28-32,34-35,48-49H,16,18-20H2,1-11H3,(H,55,56)(H,57,58)(H2,41,42,52)(H,43,50,53)(H,44,51,54)/t22-,23+,24+,25+,28+,29+,30+,31+,32+,34+,35+/m0/s1. The second-order valence-corrected chi connectivity index (χ2v) is 33.0. The van der Waals surface area contributed by atoms with Crippen LogP contribution in [0.25, 0.3) is 0 Å². The lowest BCUT2D eigenvalue weighted by molar-refractivity contribution is -0.0628. The monoisotopic (exact) mass is 1080 g/mol. The number of rotatable bonds is 18. The summed E-state index contributed by atoms with van der Waals surface area (Å²) in [5.74, 6) is -0.148. The molecule has 6 heterocycles. The van der Waals surface area contributed by atoms with Crippen molar-refractivity contribution in [2.75, 3.05) is 25.6 Å². The van der Waals surface area contributed by atoms with Crippen LogP contribution in [-0.4, -0.2) is 134 Å². The average Bonchev–Trinajstić information content (AvgIpc) is 3.88. The Balaban J connectivity index is 1.31. The van der Waals surface area contributed by atoms with Crippen LogP contribution < -0.4 is 33.9 Å². The van der Waals surface area contributed by atoms with Crippen LogP contribution in [0.1, 0.15) is 72.2 Å². The predicted molar refractivity (Wildman–Crippen MR) is 255 cm³/mol. The maximum atomic E-state index is 14.2. The van der Waals surface area contributed by atoms with Gasteiger partial charge in [-0.25, -0.2) is 23.5 Å². The molecule has 398 valence electrons. The van der Waals surface area contributed by atoms with Crippen LogP contribution in [0.15, 0.2) is 54.7 Å². The van der Waals surface area contributed by atoms with Gasteiger partial charge in [-0.2, -0.15) is 4.98 Å². The van der Waals surface area contributed by atoms with Crippen LogP contribution in [0.2, 0.25) is 36.3 Å². The van der Waals surface area contributed by atoms with E-state index in [-0.39, 0.29) is 17.8 Å². The molecule has 13 atom stereocenters. The van der Waals surface area contributed by atoms with E-state index in [9.17, 15) is 53.1 Å². The summed E-state index contributed by atoms with van der Waals surface area (Å²) < 4.78 is 85.3. The topological polar surface area (TPSA) is 369 Å². The number of anilines is 1. The minimum atomic E-state index is -5.39. The van der Waals surface area contributed by atoms with Gasteiger partial charge < -0.3 is 48.8 Å². The molecule has 3 fully saturated rings. The van der Waals surface area contributed by atoms with Gasteiger partial charge in [-0.05, 0) is 49.3 Å². The molecule has 31 heteroatoms. The molecule has 0 spiro atoms. The van der Waals surface area contributed by atoms with Gasteiger partial charge in [-0.3, -0.25) is 51.4 Å². The number of nitrogens with zero attached hydrogens (tertiary/aromatic N) is 4. The van der Waals surface area contributed by atoms with Crippen molar-refractivity contribution < 1.29 is 70.3 Å². The highest BCUT2D eigenvalue weighted by Crippen LogP contribution is 2.54. The normalized spacial score (nSPS) is 29.3. The van der Waals surface area contributed by atoms with Crippen molar-refractivity contribution in [3.8, 4) is 0 Å². The Morgan fingerprint density at radius 1 is 0.746 bits per heavy atom. The molecule has 8 N–H and O–H groups in total. The Kier molecular flexibility index (Phi) is 16.7. The Hall–Kier alpha value is -3.59. The van der Waals surface area contributed by atoms with Gasteiger partial charge in [-0.1, -0.05) is 41.5 Å². The number of hydrogen-bond acceptors (Lipinski definition) is 20. The molecule has 0 amide bonds. The summed E-state index contributed by atoms with van der Waals surface area (Å²) >= 11 is 0. The first-order valence-electron chi connectivity index (χ1n) is 22.5. The molecule has 3 aromatic rings. The van der Waals surface area contributed by atoms with E-state index in [1.807, 2.05) is 67.7 Å². The number of phosphoric acid groups is 2. The Labute approximate surface area is 408 Å². The van der Waals surface area contributed by atoms with E-state index in [2.05, 4.69) is 15.0 Å². The summed E-state index contributed by atoms with van der Waals surface area (Å²) in [4.78, 5) is 93.9. The van der Waals surface area contributed by atoms with E-state index in [1.54, 1.807) is 0 Å². The number of nitrogens with one attached hydrogen (secondary N) is 2. The molecular formula is C40H65N7O20P2Si2. The number of phosphoric ester groups is 2. The van der Waals surface area contributed by atoms with Crippen LogP contribution in [0.4, 0.5) is 5.82 Å². The number of ether oxygens (including phenoxy) is 3. The van der Waals surface area contributed by atoms with Crippen molar-refractivity contribution >= 4 is 38.1 Å². The molecule has 3 saturated heterocycles. The highest BCUT2D eigenvalue weighted by molar-refractivity contribution is 7.47. The zero-order valence-electron chi connectivity index (χ0n) is 41.1. The number of H-pyrrole nitrogens is 2.